The van der Waals surface area contributed by atoms with E-state index in [9.17, 15) is 4.21 Å². The van der Waals surface area contributed by atoms with Gasteiger partial charge in [-0.1, -0.05) is 6.07 Å². The molecule has 1 aromatic rings. The number of benzene rings is 1. The quantitative estimate of drug-likeness (QED) is 0.890. The number of hydrogen-bond donors (Lipinski definition) is 1. The van der Waals surface area contributed by atoms with Gasteiger partial charge in [0.25, 0.3) is 0 Å². The molecule has 0 heterocycles. The molecular weight excluding hydrogens is 234 g/mol. The average molecular weight is 253 g/mol. The predicted molar refractivity (Wildman–Crippen MR) is 71.0 cm³/mol. The standard InChI is InChI=1S/C13H19NO2S/c1-14-13-11-8-10(16-2)6-4-9(11)5-7-12(13)17(3)15/h4,6,8,12-14H,5,7H2,1-3H3. The number of methoxy groups -OCH3 is 1. The molecule has 0 aromatic heterocycles. The van der Waals surface area contributed by atoms with Crippen molar-refractivity contribution in [3.05, 3.63) is 29.3 Å². The van der Waals surface area contributed by atoms with Gasteiger partial charge < -0.3 is 10.1 Å². The molecule has 94 valence electrons. The van der Waals surface area contributed by atoms with Gasteiger partial charge in [0, 0.05) is 23.1 Å². The molecular formula is C13H19NO2S. The molecule has 0 fully saturated rings. The van der Waals surface area contributed by atoms with E-state index >= 15 is 0 Å². The van der Waals surface area contributed by atoms with Crippen LogP contribution in [-0.2, 0) is 17.2 Å². The van der Waals surface area contributed by atoms with E-state index in [-0.39, 0.29) is 11.3 Å². The van der Waals surface area contributed by atoms with Crippen LogP contribution in [0.3, 0.4) is 0 Å². The number of fused-ring (bicyclic) bond motifs is 1. The normalized spacial score (nSPS) is 25.1. The highest BCUT2D eigenvalue weighted by molar-refractivity contribution is 7.84. The van der Waals surface area contributed by atoms with E-state index in [1.165, 1.54) is 11.1 Å². The molecule has 0 amide bonds. The predicted octanol–water partition coefficient (Wildman–Crippen LogP) is 1.65. The van der Waals surface area contributed by atoms with E-state index in [0.717, 1.165) is 18.6 Å². The molecule has 17 heavy (non-hydrogen) atoms. The summed E-state index contributed by atoms with van der Waals surface area (Å²) in [5, 5.41) is 3.49. The lowest BCUT2D eigenvalue weighted by atomic mass is 9.87. The van der Waals surface area contributed by atoms with E-state index in [1.807, 2.05) is 13.1 Å². The maximum absolute atomic E-state index is 11.8. The summed E-state index contributed by atoms with van der Waals surface area (Å²) < 4.78 is 17.0. The summed E-state index contributed by atoms with van der Waals surface area (Å²) in [4.78, 5) is 0. The minimum Gasteiger partial charge on any atom is -0.497 e. The van der Waals surface area contributed by atoms with Gasteiger partial charge in [0.15, 0.2) is 0 Å². The van der Waals surface area contributed by atoms with Crippen molar-refractivity contribution in [1.29, 1.82) is 0 Å². The molecule has 0 spiro atoms. The van der Waals surface area contributed by atoms with Crippen molar-refractivity contribution in [2.45, 2.75) is 24.1 Å². The first kappa shape index (κ1) is 12.6. The Kier molecular flexibility index (Phi) is 3.84. The third-order valence-electron chi connectivity index (χ3n) is 3.50. The van der Waals surface area contributed by atoms with Crippen LogP contribution in [0.1, 0.15) is 23.6 Å². The fraction of sp³-hybridized carbons (Fsp3) is 0.538. The number of rotatable bonds is 3. The zero-order chi connectivity index (χ0) is 12.4. The minimum absolute atomic E-state index is 0.166. The maximum atomic E-state index is 11.8. The van der Waals surface area contributed by atoms with Gasteiger partial charge in [-0.05, 0) is 43.1 Å². The summed E-state index contributed by atoms with van der Waals surface area (Å²) in [5.41, 5.74) is 2.57. The van der Waals surface area contributed by atoms with E-state index in [2.05, 4.69) is 17.4 Å². The molecule has 1 aliphatic rings. The summed E-state index contributed by atoms with van der Waals surface area (Å²) in [7, 11) is 2.80. The first-order chi connectivity index (χ1) is 8.17. The lowest BCUT2D eigenvalue weighted by Crippen LogP contribution is -2.36. The van der Waals surface area contributed by atoms with E-state index in [1.54, 1.807) is 13.4 Å². The fourth-order valence-corrected chi connectivity index (χ4v) is 3.70. The second-order valence-electron chi connectivity index (χ2n) is 4.41. The molecule has 2 rings (SSSR count). The Labute approximate surface area is 105 Å². The summed E-state index contributed by atoms with van der Waals surface area (Å²) >= 11 is 0. The molecule has 0 saturated heterocycles. The molecule has 1 aromatic carbocycles. The van der Waals surface area contributed by atoms with Crippen molar-refractivity contribution >= 4 is 10.8 Å². The second-order valence-corrected chi connectivity index (χ2v) is 6.01. The Morgan fingerprint density at radius 2 is 2.24 bits per heavy atom. The minimum atomic E-state index is -0.801. The number of aryl methyl sites for hydroxylation is 1. The summed E-state index contributed by atoms with van der Waals surface area (Å²) in [6.07, 6.45) is 3.77. The largest absolute Gasteiger partial charge is 0.497 e. The Hall–Kier alpha value is -0.870. The average Bonchev–Trinajstić information content (AvgIpc) is 2.36. The van der Waals surface area contributed by atoms with Crippen LogP contribution in [0.2, 0.25) is 0 Å². The zero-order valence-electron chi connectivity index (χ0n) is 10.5. The maximum Gasteiger partial charge on any atom is 0.119 e. The van der Waals surface area contributed by atoms with Crippen molar-refractivity contribution in [3.8, 4) is 5.75 Å². The second kappa shape index (κ2) is 5.19. The van der Waals surface area contributed by atoms with Crippen LogP contribution in [0.4, 0.5) is 0 Å². The van der Waals surface area contributed by atoms with Gasteiger partial charge in [-0.15, -0.1) is 0 Å². The Balaban J connectivity index is 2.41. The fourth-order valence-electron chi connectivity index (χ4n) is 2.58. The number of nitrogens with one attached hydrogen (secondary N) is 1. The highest BCUT2D eigenvalue weighted by atomic mass is 32.2. The highest BCUT2D eigenvalue weighted by Gasteiger charge is 2.31. The van der Waals surface area contributed by atoms with Gasteiger partial charge in [-0.3, -0.25) is 4.21 Å². The van der Waals surface area contributed by atoms with Gasteiger partial charge in [0.05, 0.1) is 12.4 Å². The molecule has 0 radical (unpaired) electrons. The molecule has 0 saturated carbocycles. The van der Waals surface area contributed by atoms with Crippen LogP contribution < -0.4 is 10.1 Å². The van der Waals surface area contributed by atoms with Crippen LogP contribution in [0, 0.1) is 0 Å². The van der Waals surface area contributed by atoms with Crippen molar-refractivity contribution in [3.63, 3.8) is 0 Å². The van der Waals surface area contributed by atoms with Gasteiger partial charge in [-0.25, -0.2) is 0 Å². The monoisotopic (exact) mass is 253 g/mol. The van der Waals surface area contributed by atoms with E-state index in [4.69, 9.17) is 4.74 Å². The number of hydrogen-bond acceptors (Lipinski definition) is 3. The SMILES string of the molecule is CNC1c2cc(OC)ccc2CCC1S(C)=O. The Morgan fingerprint density at radius 3 is 2.82 bits per heavy atom. The van der Waals surface area contributed by atoms with Crippen LogP contribution in [-0.4, -0.2) is 29.9 Å². The molecule has 4 heteroatoms. The molecule has 0 bridgehead atoms. The van der Waals surface area contributed by atoms with Gasteiger partial charge in [0.2, 0.25) is 0 Å². The van der Waals surface area contributed by atoms with Crippen molar-refractivity contribution < 1.29 is 8.95 Å². The summed E-state index contributed by atoms with van der Waals surface area (Å²) in [6.45, 7) is 0. The highest BCUT2D eigenvalue weighted by Crippen LogP contribution is 2.34. The molecule has 1 aliphatic carbocycles. The smallest absolute Gasteiger partial charge is 0.119 e. The topological polar surface area (TPSA) is 38.3 Å². The lowest BCUT2D eigenvalue weighted by molar-refractivity contribution is 0.411. The molecule has 0 aliphatic heterocycles. The van der Waals surface area contributed by atoms with Crippen LogP contribution in [0.15, 0.2) is 18.2 Å². The van der Waals surface area contributed by atoms with Crippen molar-refractivity contribution in [2.75, 3.05) is 20.4 Å². The third-order valence-corrected chi connectivity index (χ3v) is 4.86. The first-order valence-electron chi connectivity index (χ1n) is 5.83. The van der Waals surface area contributed by atoms with Gasteiger partial charge >= 0.3 is 0 Å². The van der Waals surface area contributed by atoms with Crippen molar-refractivity contribution in [1.82, 2.24) is 5.32 Å². The Morgan fingerprint density at radius 1 is 1.47 bits per heavy atom. The first-order valence-corrected chi connectivity index (χ1v) is 7.45. The Bertz CT molecular complexity index is 433. The van der Waals surface area contributed by atoms with Crippen molar-refractivity contribution in [2.24, 2.45) is 0 Å². The zero-order valence-corrected chi connectivity index (χ0v) is 11.3. The number of ether oxygens (including phenoxy) is 1. The van der Waals surface area contributed by atoms with Gasteiger partial charge in [-0.2, -0.15) is 0 Å². The third kappa shape index (κ3) is 2.38. The molecule has 3 unspecified atom stereocenters. The van der Waals surface area contributed by atoms with Crippen LogP contribution in [0.5, 0.6) is 5.75 Å². The summed E-state index contributed by atoms with van der Waals surface area (Å²) in [6, 6.07) is 6.34. The molecule has 1 N–H and O–H groups in total. The van der Waals surface area contributed by atoms with Crippen LogP contribution in [0.25, 0.3) is 0 Å². The van der Waals surface area contributed by atoms with E-state index < -0.39 is 10.8 Å². The molecule has 3 nitrogen and oxygen atoms in total. The van der Waals surface area contributed by atoms with Crippen LogP contribution >= 0.6 is 0 Å². The molecule has 3 atom stereocenters. The van der Waals surface area contributed by atoms with E-state index in [0.29, 0.717) is 0 Å². The van der Waals surface area contributed by atoms with Gasteiger partial charge in [0.1, 0.15) is 5.75 Å². The lowest BCUT2D eigenvalue weighted by Gasteiger charge is -2.32. The summed E-state index contributed by atoms with van der Waals surface area (Å²) in [5.74, 6) is 0.867.